The minimum atomic E-state index is -0.336. The Kier molecular flexibility index (Phi) is 4.56. The molecule has 1 aliphatic heterocycles. The van der Waals surface area contributed by atoms with Crippen LogP contribution in [0, 0.1) is 11.8 Å². The highest BCUT2D eigenvalue weighted by Gasteiger charge is 2.47. The molecule has 1 heterocycles. The van der Waals surface area contributed by atoms with Crippen molar-refractivity contribution in [3.63, 3.8) is 0 Å². The fourth-order valence-electron chi connectivity index (χ4n) is 4.26. The Balaban J connectivity index is 1.44. The van der Waals surface area contributed by atoms with Crippen molar-refractivity contribution in [2.24, 2.45) is 11.8 Å². The van der Waals surface area contributed by atoms with E-state index in [0.29, 0.717) is 5.69 Å². The van der Waals surface area contributed by atoms with Crippen LogP contribution in [-0.2, 0) is 14.4 Å². The van der Waals surface area contributed by atoms with Crippen molar-refractivity contribution in [1.82, 2.24) is 4.90 Å². The number of nitrogens with one attached hydrogen (secondary N) is 1. The summed E-state index contributed by atoms with van der Waals surface area (Å²) in [5, 5.41) is 14.5. The van der Waals surface area contributed by atoms with Crippen LogP contribution in [0.25, 0.3) is 10.8 Å². The van der Waals surface area contributed by atoms with Crippen LogP contribution in [0.1, 0.15) is 32.1 Å². The fourth-order valence-corrected chi connectivity index (χ4v) is 4.26. The largest absolute Gasteiger partial charge is 0.506 e. The van der Waals surface area contributed by atoms with Gasteiger partial charge in [-0.2, -0.15) is 0 Å². The molecule has 2 atom stereocenters. The van der Waals surface area contributed by atoms with Crippen LogP contribution in [0.3, 0.4) is 0 Å². The number of imide groups is 1. The summed E-state index contributed by atoms with van der Waals surface area (Å²) in [6, 6.07) is 10.8. The number of benzene rings is 2. The lowest BCUT2D eigenvalue weighted by Crippen LogP contribution is -2.34. The van der Waals surface area contributed by atoms with Gasteiger partial charge in [-0.1, -0.05) is 43.2 Å². The first-order valence-corrected chi connectivity index (χ1v) is 9.42. The summed E-state index contributed by atoms with van der Waals surface area (Å²) in [4.78, 5) is 38.6. The maximum atomic E-state index is 12.5. The lowest BCUT2D eigenvalue weighted by molar-refractivity contribution is -0.140. The van der Waals surface area contributed by atoms with E-state index >= 15 is 0 Å². The summed E-state index contributed by atoms with van der Waals surface area (Å²) >= 11 is 0. The number of rotatable bonds is 4. The van der Waals surface area contributed by atoms with E-state index in [2.05, 4.69) is 5.32 Å². The van der Waals surface area contributed by atoms with Crippen LogP contribution in [0.4, 0.5) is 5.69 Å². The monoisotopic (exact) mass is 366 g/mol. The van der Waals surface area contributed by atoms with Crippen molar-refractivity contribution in [1.29, 1.82) is 0 Å². The number of carbonyl (C=O) groups is 3. The van der Waals surface area contributed by atoms with E-state index in [4.69, 9.17) is 0 Å². The molecule has 0 unspecified atom stereocenters. The van der Waals surface area contributed by atoms with Gasteiger partial charge in [-0.15, -0.1) is 0 Å². The molecule has 2 fully saturated rings. The van der Waals surface area contributed by atoms with Crippen molar-refractivity contribution in [3.05, 3.63) is 36.4 Å². The molecule has 0 bridgehead atoms. The summed E-state index contributed by atoms with van der Waals surface area (Å²) < 4.78 is 0. The van der Waals surface area contributed by atoms with Gasteiger partial charge in [0.05, 0.1) is 17.5 Å². The van der Waals surface area contributed by atoms with Crippen LogP contribution in [0.15, 0.2) is 36.4 Å². The number of hydrogen-bond acceptors (Lipinski definition) is 4. The van der Waals surface area contributed by atoms with Gasteiger partial charge in [-0.05, 0) is 24.3 Å². The zero-order valence-corrected chi connectivity index (χ0v) is 15.0. The second-order valence-electron chi connectivity index (χ2n) is 7.30. The zero-order valence-electron chi connectivity index (χ0n) is 15.0. The number of phenolic OH excluding ortho intramolecular Hbond substituents is 1. The third-order valence-electron chi connectivity index (χ3n) is 5.67. The van der Waals surface area contributed by atoms with Gasteiger partial charge in [-0.25, -0.2) is 0 Å². The van der Waals surface area contributed by atoms with Crippen LogP contribution < -0.4 is 5.32 Å². The minimum Gasteiger partial charge on any atom is -0.506 e. The quantitative estimate of drug-likeness (QED) is 0.643. The van der Waals surface area contributed by atoms with Crippen molar-refractivity contribution in [3.8, 4) is 5.75 Å². The van der Waals surface area contributed by atoms with E-state index in [1.807, 2.05) is 24.3 Å². The molecule has 0 spiro atoms. The van der Waals surface area contributed by atoms with Crippen LogP contribution in [-0.4, -0.2) is 34.3 Å². The van der Waals surface area contributed by atoms with E-state index in [1.165, 1.54) is 11.0 Å². The highest BCUT2D eigenvalue weighted by molar-refractivity contribution is 6.07. The average molecular weight is 366 g/mol. The molecule has 27 heavy (non-hydrogen) atoms. The standard InChI is InChI=1S/C21H22N2O4/c24-17-10-9-13-5-1-2-6-14(13)19(17)22-18(25)11-12-23-20(26)15-7-3-4-8-16(15)21(23)27/h1-2,5-6,9-10,15-16,24H,3-4,7-8,11-12H2,(H,22,25)/t15-,16+. The Hall–Kier alpha value is -2.89. The van der Waals surface area contributed by atoms with E-state index in [1.54, 1.807) is 6.07 Å². The van der Waals surface area contributed by atoms with Crippen molar-refractivity contribution in [2.45, 2.75) is 32.1 Å². The summed E-state index contributed by atoms with van der Waals surface area (Å²) in [5.74, 6) is -1.01. The maximum Gasteiger partial charge on any atom is 0.233 e. The van der Waals surface area contributed by atoms with Gasteiger partial charge in [0.15, 0.2) is 0 Å². The molecule has 4 rings (SSSR count). The third kappa shape index (κ3) is 3.16. The molecule has 2 N–H and O–H groups in total. The second kappa shape index (κ2) is 7.02. The molecule has 3 amide bonds. The first-order chi connectivity index (χ1) is 13.1. The molecule has 140 valence electrons. The van der Waals surface area contributed by atoms with E-state index in [0.717, 1.165) is 36.5 Å². The van der Waals surface area contributed by atoms with Crippen LogP contribution in [0.5, 0.6) is 5.75 Å². The van der Waals surface area contributed by atoms with Gasteiger partial charge in [0.25, 0.3) is 0 Å². The number of fused-ring (bicyclic) bond motifs is 2. The highest BCUT2D eigenvalue weighted by atomic mass is 16.3. The Morgan fingerprint density at radius 2 is 1.70 bits per heavy atom. The van der Waals surface area contributed by atoms with E-state index < -0.39 is 0 Å². The summed E-state index contributed by atoms with van der Waals surface area (Å²) in [6.07, 6.45) is 3.51. The topological polar surface area (TPSA) is 86.7 Å². The van der Waals surface area contributed by atoms with Crippen molar-refractivity contribution in [2.75, 3.05) is 11.9 Å². The normalized spacial score (nSPS) is 22.1. The SMILES string of the molecule is O=C(CCN1C(=O)[C@H]2CCCC[C@H]2C1=O)Nc1c(O)ccc2ccccc12. The smallest absolute Gasteiger partial charge is 0.233 e. The molecular weight excluding hydrogens is 344 g/mol. The van der Waals surface area contributed by atoms with Gasteiger partial charge in [0.2, 0.25) is 17.7 Å². The number of phenols is 1. The fraction of sp³-hybridized carbons (Fsp3) is 0.381. The lowest BCUT2D eigenvalue weighted by atomic mass is 9.81. The predicted molar refractivity (Wildman–Crippen MR) is 101 cm³/mol. The summed E-state index contributed by atoms with van der Waals surface area (Å²) in [6.45, 7) is 0.0853. The molecule has 0 radical (unpaired) electrons. The van der Waals surface area contributed by atoms with E-state index in [9.17, 15) is 19.5 Å². The Bertz CT molecular complexity index is 900. The lowest BCUT2D eigenvalue weighted by Gasteiger charge is -2.19. The molecule has 2 aromatic carbocycles. The molecular formula is C21H22N2O4. The zero-order chi connectivity index (χ0) is 19.0. The number of hydrogen-bond donors (Lipinski definition) is 2. The van der Waals surface area contributed by atoms with Crippen molar-refractivity contribution >= 4 is 34.2 Å². The molecule has 1 saturated carbocycles. The first kappa shape index (κ1) is 17.5. The Morgan fingerprint density at radius 3 is 2.41 bits per heavy atom. The number of amides is 3. The Labute approximate surface area is 157 Å². The molecule has 6 heteroatoms. The number of nitrogens with zero attached hydrogens (tertiary/aromatic N) is 1. The van der Waals surface area contributed by atoms with Gasteiger partial charge in [-0.3, -0.25) is 19.3 Å². The molecule has 2 aliphatic rings. The average Bonchev–Trinajstić information content (AvgIpc) is 2.93. The molecule has 6 nitrogen and oxygen atoms in total. The van der Waals surface area contributed by atoms with Gasteiger partial charge in [0, 0.05) is 18.4 Å². The first-order valence-electron chi connectivity index (χ1n) is 9.42. The second-order valence-corrected chi connectivity index (χ2v) is 7.30. The number of likely N-dealkylation sites (tertiary alicyclic amines) is 1. The predicted octanol–water partition coefficient (Wildman–Crippen LogP) is 3.05. The summed E-state index contributed by atoms with van der Waals surface area (Å²) in [7, 11) is 0. The number of aromatic hydroxyl groups is 1. The van der Waals surface area contributed by atoms with Gasteiger partial charge < -0.3 is 10.4 Å². The van der Waals surface area contributed by atoms with Gasteiger partial charge in [0.1, 0.15) is 5.75 Å². The molecule has 0 aromatic heterocycles. The highest BCUT2D eigenvalue weighted by Crippen LogP contribution is 2.38. The van der Waals surface area contributed by atoms with Gasteiger partial charge >= 0.3 is 0 Å². The van der Waals surface area contributed by atoms with Crippen LogP contribution >= 0.6 is 0 Å². The molecule has 1 aliphatic carbocycles. The molecule has 2 aromatic rings. The third-order valence-corrected chi connectivity index (χ3v) is 5.67. The maximum absolute atomic E-state index is 12.5. The molecule has 1 saturated heterocycles. The van der Waals surface area contributed by atoms with Crippen molar-refractivity contribution < 1.29 is 19.5 Å². The Morgan fingerprint density at radius 1 is 1.04 bits per heavy atom. The number of anilines is 1. The minimum absolute atomic E-state index is 0.0126. The van der Waals surface area contributed by atoms with Crippen LogP contribution in [0.2, 0.25) is 0 Å². The summed E-state index contributed by atoms with van der Waals surface area (Å²) in [5.41, 5.74) is 0.353. The number of carbonyl (C=O) groups excluding carboxylic acids is 3. The van der Waals surface area contributed by atoms with E-state index in [-0.39, 0.29) is 48.3 Å².